The lowest BCUT2D eigenvalue weighted by atomic mass is 10.0. The van der Waals surface area contributed by atoms with Gasteiger partial charge in [-0.1, -0.05) is 23.7 Å². The predicted octanol–water partition coefficient (Wildman–Crippen LogP) is 2.70. The molecule has 2 amide bonds. The fourth-order valence-corrected chi connectivity index (χ4v) is 3.29. The highest BCUT2D eigenvalue weighted by Crippen LogP contribution is 2.37. The summed E-state index contributed by atoms with van der Waals surface area (Å²) in [6.07, 6.45) is 0. The molecule has 0 aromatic heterocycles. The summed E-state index contributed by atoms with van der Waals surface area (Å²) in [5.74, 6) is -1.15. The summed E-state index contributed by atoms with van der Waals surface area (Å²) in [4.78, 5) is 28.8. The van der Waals surface area contributed by atoms with Crippen LogP contribution in [0.25, 0.3) is 5.57 Å². The first-order valence-electron chi connectivity index (χ1n) is 8.43. The minimum atomic E-state index is -0.558. The van der Waals surface area contributed by atoms with Crippen LogP contribution >= 0.6 is 11.6 Å². The van der Waals surface area contributed by atoms with Gasteiger partial charge in [-0.25, -0.2) is 9.29 Å². The second-order valence-electron chi connectivity index (χ2n) is 6.14. The van der Waals surface area contributed by atoms with Crippen LogP contribution in [0.15, 0.2) is 48.2 Å². The van der Waals surface area contributed by atoms with E-state index in [0.717, 1.165) is 4.90 Å². The van der Waals surface area contributed by atoms with E-state index in [2.05, 4.69) is 0 Å². The average molecular weight is 405 g/mol. The first-order valence-corrected chi connectivity index (χ1v) is 8.81. The zero-order valence-corrected chi connectivity index (χ0v) is 16.0. The van der Waals surface area contributed by atoms with Crippen molar-refractivity contribution in [2.24, 2.45) is 0 Å². The molecule has 1 heterocycles. The van der Waals surface area contributed by atoms with Crippen molar-refractivity contribution in [2.75, 3.05) is 32.2 Å². The number of imide groups is 1. The van der Waals surface area contributed by atoms with Crippen molar-refractivity contribution >= 4 is 34.7 Å². The standard InChI is InChI=1S/C20H18ClFN2O4/c1-23(9-10-25)18-17(12-3-5-13(22)6-4-12)19(26)24(20(18)27)14-7-8-16(28-2)15(21)11-14/h3-8,11,25H,9-10H2,1-2H3. The fraction of sp³-hybridized carbons (Fsp3) is 0.200. The molecule has 28 heavy (non-hydrogen) atoms. The lowest BCUT2D eigenvalue weighted by Crippen LogP contribution is -2.34. The maximum atomic E-state index is 13.3. The molecule has 3 rings (SSSR count). The highest BCUT2D eigenvalue weighted by Gasteiger charge is 2.41. The van der Waals surface area contributed by atoms with Gasteiger partial charge in [-0.15, -0.1) is 0 Å². The number of anilines is 1. The van der Waals surface area contributed by atoms with Gasteiger partial charge in [0.15, 0.2) is 0 Å². The van der Waals surface area contributed by atoms with Gasteiger partial charge in [0.05, 0.1) is 30.0 Å². The number of likely N-dealkylation sites (N-methyl/N-ethyl adjacent to an activating group) is 1. The van der Waals surface area contributed by atoms with E-state index in [1.165, 1.54) is 42.3 Å². The summed E-state index contributed by atoms with van der Waals surface area (Å²) in [6.45, 7) is -0.0528. The summed E-state index contributed by atoms with van der Waals surface area (Å²) < 4.78 is 18.4. The zero-order valence-electron chi connectivity index (χ0n) is 15.3. The van der Waals surface area contributed by atoms with Crippen molar-refractivity contribution < 1.29 is 23.8 Å². The van der Waals surface area contributed by atoms with E-state index in [1.807, 2.05) is 0 Å². The van der Waals surface area contributed by atoms with Crippen LogP contribution in [0.3, 0.4) is 0 Å². The molecular weight excluding hydrogens is 387 g/mol. The molecule has 0 aliphatic carbocycles. The molecule has 146 valence electrons. The van der Waals surface area contributed by atoms with Gasteiger partial charge in [0, 0.05) is 13.6 Å². The van der Waals surface area contributed by atoms with Gasteiger partial charge in [-0.2, -0.15) is 0 Å². The summed E-state index contributed by atoms with van der Waals surface area (Å²) >= 11 is 6.15. The SMILES string of the molecule is COc1ccc(N2C(=O)C(c3ccc(F)cc3)=C(N(C)CCO)C2=O)cc1Cl. The number of carbonyl (C=O) groups excluding carboxylic acids is 2. The number of hydrogen-bond donors (Lipinski definition) is 1. The summed E-state index contributed by atoms with van der Waals surface area (Å²) in [6, 6.07) is 9.89. The van der Waals surface area contributed by atoms with E-state index in [4.69, 9.17) is 16.3 Å². The van der Waals surface area contributed by atoms with Crippen LogP contribution in [0.5, 0.6) is 5.75 Å². The van der Waals surface area contributed by atoms with Crippen LogP contribution in [-0.4, -0.2) is 49.1 Å². The summed E-state index contributed by atoms with van der Waals surface area (Å²) in [5.41, 5.74) is 0.944. The Morgan fingerprint density at radius 1 is 1.14 bits per heavy atom. The van der Waals surface area contributed by atoms with Crippen molar-refractivity contribution in [1.29, 1.82) is 0 Å². The molecule has 0 spiro atoms. The number of aliphatic hydroxyl groups excluding tert-OH is 1. The Bertz CT molecular complexity index is 959. The quantitative estimate of drug-likeness (QED) is 0.750. The third kappa shape index (κ3) is 3.46. The number of aliphatic hydroxyl groups is 1. The maximum Gasteiger partial charge on any atom is 0.282 e. The first kappa shape index (κ1) is 19.9. The fourth-order valence-electron chi connectivity index (χ4n) is 3.04. The maximum absolute atomic E-state index is 13.3. The number of carbonyl (C=O) groups is 2. The van der Waals surface area contributed by atoms with Gasteiger partial charge < -0.3 is 14.7 Å². The van der Waals surface area contributed by atoms with Crippen LogP contribution in [0.1, 0.15) is 5.56 Å². The molecule has 0 saturated carbocycles. The Hall–Kier alpha value is -2.90. The molecule has 2 aromatic carbocycles. The van der Waals surface area contributed by atoms with Gasteiger partial charge in [0.1, 0.15) is 17.3 Å². The minimum Gasteiger partial charge on any atom is -0.495 e. The Labute approximate surface area is 166 Å². The average Bonchev–Trinajstić information content (AvgIpc) is 2.93. The molecule has 8 heteroatoms. The van der Waals surface area contributed by atoms with Crippen molar-refractivity contribution in [1.82, 2.24) is 4.90 Å². The van der Waals surface area contributed by atoms with Gasteiger partial charge >= 0.3 is 0 Å². The Morgan fingerprint density at radius 3 is 2.39 bits per heavy atom. The molecule has 0 fully saturated rings. The van der Waals surface area contributed by atoms with Crippen LogP contribution in [0, 0.1) is 5.82 Å². The van der Waals surface area contributed by atoms with Crippen LogP contribution in [-0.2, 0) is 9.59 Å². The molecule has 0 bridgehead atoms. The number of methoxy groups -OCH3 is 1. The predicted molar refractivity (Wildman–Crippen MR) is 104 cm³/mol. The number of benzene rings is 2. The topological polar surface area (TPSA) is 70.1 Å². The van der Waals surface area contributed by atoms with E-state index in [-0.39, 0.29) is 35.1 Å². The third-order valence-corrected chi connectivity index (χ3v) is 4.70. The second-order valence-corrected chi connectivity index (χ2v) is 6.55. The number of halogens is 2. The molecule has 6 nitrogen and oxygen atoms in total. The lowest BCUT2D eigenvalue weighted by Gasteiger charge is -2.20. The minimum absolute atomic E-state index is 0.123. The summed E-state index contributed by atoms with van der Waals surface area (Å²) in [5, 5.41) is 9.52. The van der Waals surface area contributed by atoms with Crippen LogP contribution in [0.4, 0.5) is 10.1 Å². The second kappa shape index (κ2) is 8.00. The molecule has 0 unspecified atom stereocenters. The highest BCUT2D eigenvalue weighted by molar-refractivity contribution is 6.45. The molecule has 0 radical (unpaired) electrons. The van der Waals surface area contributed by atoms with E-state index < -0.39 is 17.6 Å². The monoisotopic (exact) mass is 404 g/mol. The van der Waals surface area contributed by atoms with Gasteiger partial charge in [-0.3, -0.25) is 9.59 Å². The van der Waals surface area contributed by atoms with Gasteiger partial charge in [-0.05, 0) is 35.9 Å². The number of rotatable bonds is 6. The smallest absolute Gasteiger partial charge is 0.282 e. The molecule has 0 saturated heterocycles. The van der Waals surface area contributed by atoms with Crippen LogP contribution in [0.2, 0.25) is 5.02 Å². The first-order chi connectivity index (χ1) is 13.4. The number of amides is 2. The van der Waals surface area contributed by atoms with E-state index in [1.54, 1.807) is 19.2 Å². The third-order valence-electron chi connectivity index (χ3n) is 4.40. The highest BCUT2D eigenvalue weighted by atomic mass is 35.5. The Morgan fingerprint density at radius 2 is 1.82 bits per heavy atom. The Balaban J connectivity index is 2.11. The van der Waals surface area contributed by atoms with Crippen molar-refractivity contribution in [3.63, 3.8) is 0 Å². The van der Waals surface area contributed by atoms with Crippen molar-refractivity contribution in [3.05, 3.63) is 64.6 Å². The normalized spacial score (nSPS) is 14.1. The van der Waals surface area contributed by atoms with Gasteiger partial charge in [0.25, 0.3) is 11.8 Å². The lowest BCUT2D eigenvalue weighted by molar-refractivity contribution is -0.120. The molecule has 1 N–H and O–H groups in total. The van der Waals surface area contributed by atoms with E-state index in [0.29, 0.717) is 11.3 Å². The largest absolute Gasteiger partial charge is 0.495 e. The van der Waals surface area contributed by atoms with Gasteiger partial charge in [0.2, 0.25) is 0 Å². The number of nitrogens with zero attached hydrogens (tertiary/aromatic N) is 2. The van der Waals surface area contributed by atoms with Crippen molar-refractivity contribution in [3.8, 4) is 5.75 Å². The Kier molecular flexibility index (Phi) is 5.67. The van der Waals surface area contributed by atoms with E-state index >= 15 is 0 Å². The molecule has 1 aliphatic heterocycles. The van der Waals surface area contributed by atoms with Crippen molar-refractivity contribution in [2.45, 2.75) is 0 Å². The molecule has 2 aromatic rings. The van der Waals surface area contributed by atoms with Crippen LogP contribution < -0.4 is 9.64 Å². The number of ether oxygens (including phenoxy) is 1. The zero-order chi connectivity index (χ0) is 20.4. The number of hydrogen-bond acceptors (Lipinski definition) is 5. The molecule has 0 atom stereocenters. The summed E-state index contributed by atoms with van der Waals surface area (Å²) in [7, 11) is 3.06. The van der Waals surface area contributed by atoms with E-state index in [9.17, 15) is 19.1 Å². The molecular formula is C20H18ClFN2O4. The molecule has 1 aliphatic rings.